The molecule has 1 heterocycles. The maximum absolute atomic E-state index is 12.1. The fourth-order valence-corrected chi connectivity index (χ4v) is 2.09. The van der Waals surface area contributed by atoms with E-state index in [0.29, 0.717) is 23.5 Å². The van der Waals surface area contributed by atoms with Crippen LogP contribution >= 0.6 is 0 Å². The molecule has 1 atom stereocenters. The monoisotopic (exact) mass is 258 g/mol. The van der Waals surface area contributed by atoms with Gasteiger partial charge in [0.2, 0.25) is 0 Å². The number of ether oxygens (including phenoxy) is 1. The zero-order valence-electron chi connectivity index (χ0n) is 9.79. The van der Waals surface area contributed by atoms with Crippen LogP contribution in [0.5, 0.6) is 5.75 Å². The van der Waals surface area contributed by atoms with Gasteiger partial charge >= 0.3 is 6.36 Å². The Bertz CT molecular complexity index is 566. The maximum Gasteiger partial charge on any atom is 0.573 e. The van der Waals surface area contributed by atoms with E-state index in [2.05, 4.69) is 9.73 Å². The molecule has 0 aromatic heterocycles. The van der Waals surface area contributed by atoms with E-state index in [1.54, 1.807) is 0 Å². The largest absolute Gasteiger partial charge is 0.573 e. The number of fused-ring (bicyclic) bond motifs is 1. The van der Waals surface area contributed by atoms with Crippen molar-refractivity contribution in [3.8, 4) is 5.75 Å². The average molecular weight is 258 g/mol. The number of nitrogens with two attached hydrogens (primary N) is 1. The van der Waals surface area contributed by atoms with Crippen LogP contribution in [0.15, 0.2) is 23.2 Å². The third-order valence-electron chi connectivity index (χ3n) is 2.80. The van der Waals surface area contributed by atoms with Crippen LogP contribution in [-0.2, 0) is 0 Å². The molecule has 0 aliphatic carbocycles. The molecular formula is C12H13F3N2O. The number of benzene rings is 1. The van der Waals surface area contributed by atoms with Gasteiger partial charge in [0.1, 0.15) is 5.75 Å². The molecule has 0 radical (unpaired) electrons. The highest BCUT2D eigenvalue weighted by molar-refractivity contribution is 5.53. The Morgan fingerprint density at radius 2 is 2.11 bits per heavy atom. The van der Waals surface area contributed by atoms with Crippen molar-refractivity contribution in [2.24, 2.45) is 10.7 Å². The summed E-state index contributed by atoms with van der Waals surface area (Å²) in [5.74, 6) is -0.222. The van der Waals surface area contributed by atoms with Gasteiger partial charge in [0.15, 0.2) is 0 Å². The number of rotatable bonds is 3. The van der Waals surface area contributed by atoms with Crippen molar-refractivity contribution < 1.29 is 17.9 Å². The highest BCUT2D eigenvalue weighted by Gasteiger charge is 2.31. The molecule has 0 bridgehead atoms. The summed E-state index contributed by atoms with van der Waals surface area (Å²) in [7, 11) is 0. The molecule has 0 fully saturated rings. The highest BCUT2D eigenvalue weighted by atomic mass is 19.4. The van der Waals surface area contributed by atoms with Gasteiger partial charge in [-0.25, -0.2) is 0 Å². The van der Waals surface area contributed by atoms with Crippen molar-refractivity contribution in [2.75, 3.05) is 6.54 Å². The lowest BCUT2D eigenvalue weighted by Gasteiger charge is -2.08. The van der Waals surface area contributed by atoms with Gasteiger partial charge in [-0.1, -0.05) is 0 Å². The highest BCUT2D eigenvalue weighted by Crippen LogP contribution is 2.21. The van der Waals surface area contributed by atoms with Crippen LogP contribution in [0.3, 0.4) is 0 Å². The van der Waals surface area contributed by atoms with Crippen LogP contribution in [0.2, 0.25) is 0 Å². The second kappa shape index (κ2) is 4.61. The molecule has 18 heavy (non-hydrogen) atoms. The summed E-state index contributed by atoms with van der Waals surface area (Å²) in [5, 5.41) is 1.40. The third-order valence-corrected chi connectivity index (χ3v) is 2.80. The zero-order valence-corrected chi connectivity index (χ0v) is 9.79. The standard InChI is InChI=1S/C12H13F3N2O/c1-7-9(4-5-16)10-6-8(18-12(13,14)15)2-3-11(10)17-7/h2-3,6-7H,4-5,16H2,1H3/t7-/m1/s1. The Kier molecular flexibility index (Phi) is 3.30. The third kappa shape index (κ3) is 2.64. The smallest absolute Gasteiger partial charge is 0.406 e. The second-order valence-electron chi connectivity index (χ2n) is 4.10. The molecule has 0 spiro atoms. The molecule has 1 aliphatic rings. The molecular weight excluding hydrogens is 245 g/mol. The predicted octanol–water partition coefficient (Wildman–Crippen LogP) is 1.11. The Balaban J connectivity index is 2.46. The van der Waals surface area contributed by atoms with Gasteiger partial charge in [-0.05, 0) is 43.7 Å². The Morgan fingerprint density at radius 3 is 2.72 bits per heavy atom. The topological polar surface area (TPSA) is 47.6 Å². The maximum atomic E-state index is 12.1. The van der Waals surface area contributed by atoms with E-state index in [4.69, 9.17) is 5.73 Å². The van der Waals surface area contributed by atoms with Gasteiger partial charge in [0.05, 0.1) is 11.4 Å². The second-order valence-corrected chi connectivity index (χ2v) is 4.10. The van der Waals surface area contributed by atoms with E-state index in [-0.39, 0.29) is 11.8 Å². The minimum absolute atomic E-state index is 0.0373. The first-order valence-corrected chi connectivity index (χ1v) is 5.57. The van der Waals surface area contributed by atoms with Crippen molar-refractivity contribution in [2.45, 2.75) is 25.7 Å². The minimum atomic E-state index is -4.68. The van der Waals surface area contributed by atoms with E-state index in [1.807, 2.05) is 6.92 Å². The quantitative estimate of drug-likeness (QED) is 0.882. The van der Waals surface area contributed by atoms with Gasteiger partial charge < -0.3 is 10.5 Å². The Morgan fingerprint density at radius 1 is 1.39 bits per heavy atom. The van der Waals surface area contributed by atoms with Gasteiger partial charge in [0.25, 0.3) is 0 Å². The van der Waals surface area contributed by atoms with Gasteiger partial charge in [-0.2, -0.15) is 0 Å². The van der Waals surface area contributed by atoms with Crippen LogP contribution in [0.25, 0.3) is 5.57 Å². The Hall–Kier alpha value is -1.56. The number of halogens is 3. The molecule has 0 saturated carbocycles. The molecule has 1 aliphatic heterocycles. The van der Waals surface area contributed by atoms with E-state index in [9.17, 15) is 13.2 Å². The summed E-state index contributed by atoms with van der Waals surface area (Å²) >= 11 is 0. The number of hydrogen-bond donors (Lipinski definition) is 1. The molecule has 0 amide bonds. The molecule has 3 nitrogen and oxygen atoms in total. The van der Waals surface area contributed by atoms with Gasteiger partial charge in [-0.3, -0.25) is 4.99 Å². The number of hydrogen-bond acceptors (Lipinski definition) is 3. The SMILES string of the molecule is C[C@H]1N=c2ccc(OC(F)(F)F)cc2=C1CCN. The number of nitrogens with zero attached hydrogens (tertiary/aromatic N) is 1. The first kappa shape index (κ1) is 12.9. The molecule has 2 N–H and O–H groups in total. The van der Waals surface area contributed by atoms with Crippen LogP contribution in [0, 0.1) is 0 Å². The van der Waals surface area contributed by atoms with Crippen molar-refractivity contribution in [1.29, 1.82) is 0 Å². The molecule has 98 valence electrons. The first-order chi connectivity index (χ1) is 8.40. The average Bonchev–Trinajstić information content (AvgIpc) is 2.54. The lowest BCUT2D eigenvalue weighted by atomic mass is 10.0. The summed E-state index contributed by atoms with van der Waals surface area (Å²) < 4.78 is 40.3. The van der Waals surface area contributed by atoms with Crippen molar-refractivity contribution in [3.63, 3.8) is 0 Å². The first-order valence-electron chi connectivity index (χ1n) is 5.57. The summed E-state index contributed by atoms with van der Waals surface area (Å²) in [6.07, 6.45) is -4.06. The summed E-state index contributed by atoms with van der Waals surface area (Å²) in [5.41, 5.74) is 6.45. The lowest BCUT2D eigenvalue weighted by molar-refractivity contribution is -0.274. The van der Waals surface area contributed by atoms with Crippen LogP contribution in [-0.4, -0.2) is 18.9 Å². The normalized spacial score (nSPS) is 18.5. The molecule has 2 rings (SSSR count). The molecule has 0 unspecified atom stereocenters. The van der Waals surface area contributed by atoms with Crippen molar-refractivity contribution >= 4 is 5.57 Å². The molecule has 1 aromatic rings. The minimum Gasteiger partial charge on any atom is -0.406 e. The lowest BCUT2D eigenvalue weighted by Crippen LogP contribution is -2.25. The van der Waals surface area contributed by atoms with Crippen LogP contribution in [0.1, 0.15) is 13.3 Å². The number of alkyl halides is 3. The molecule has 6 heteroatoms. The summed E-state index contributed by atoms with van der Waals surface area (Å²) in [4.78, 5) is 4.36. The van der Waals surface area contributed by atoms with Crippen molar-refractivity contribution in [3.05, 3.63) is 28.8 Å². The summed E-state index contributed by atoms with van der Waals surface area (Å²) in [6.45, 7) is 2.34. The van der Waals surface area contributed by atoms with Gasteiger partial charge in [0, 0.05) is 5.22 Å². The fourth-order valence-electron chi connectivity index (χ4n) is 2.09. The Labute approximate surface area is 102 Å². The van der Waals surface area contributed by atoms with E-state index < -0.39 is 6.36 Å². The van der Waals surface area contributed by atoms with Gasteiger partial charge in [-0.15, -0.1) is 13.2 Å². The van der Waals surface area contributed by atoms with E-state index in [1.165, 1.54) is 18.2 Å². The van der Waals surface area contributed by atoms with Crippen molar-refractivity contribution in [1.82, 2.24) is 0 Å². The zero-order chi connectivity index (χ0) is 13.3. The molecule has 0 saturated heterocycles. The van der Waals surface area contributed by atoms with E-state index >= 15 is 0 Å². The predicted molar refractivity (Wildman–Crippen MR) is 60.4 cm³/mol. The summed E-state index contributed by atoms with van der Waals surface area (Å²) in [6, 6.07) is 4.15. The van der Waals surface area contributed by atoms with Crippen LogP contribution < -0.4 is 21.0 Å². The van der Waals surface area contributed by atoms with Crippen LogP contribution in [0.4, 0.5) is 13.2 Å². The molecule has 1 aromatic carbocycles. The van der Waals surface area contributed by atoms with E-state index in [0.717, 1.165) is 5.57 Å². The fraction of sp³-hybridized carbons (Fsp3) is 0.417.